The number of hydrogen-bond acceptors (Lipinski definition) is 5. The van der Waals surface area contributed by atoms with Gasteiger partial charge in [-0.25, -0.2) is 0 Å². The smallest absolute Gasteiger partial charge is 0.258 e. The number of anilines is 2. The zero-order valence-electron chi connectivity index (χ0n) is 16.3. The first-order valence-corrected chi connectivity index (χ1v) is 10.8. The second-order valence-corrected chi connectivity index (χ2v) is 8.52. The molecular formula is C22H28N4O2. The fourth-order valence-electron chi connectivity index (χ4n) is 5.34. The molecular weight excluding hydrogens is 352 g/mol. The van der Waals surface area contributed by atoms with Gasteiger partial charge in [0.1, 0.15) is 5.82 Å². The summed E-state index contributed by atoms with van der Waals surface area (Å²) in [7, 11) is 0. The average molecular weight is 380 g/mol. The summed E-state index contributed by atoms with van der Waals surface area (Å²) in [5.41, 5.74) is 2.46. The van der Waals surface area contributed by atoms with Crippen molar-refractivity contribution in [3.63, 3.8) is 0 Å². The lowest BCUT2D eigenvalue weighted by Gasteiger charge is -2.37. The summed E-state index contributed by atoms with van der Waals surface area (Å²) < 4.78 is 0. The number of Topliss-reactive ketones (excluding diaryl/α,β-unsaturated/α-hetero) is 1. The van der Waals surface area contributed by atoms with Crippen LogP contribution in [0.2, 0.25) is 0 Å². The van der Waals surface area contributed by atoms with Gasteiger partial charge in [-0.3, -0.25) is 14.6 Å². The molecule has 3 heterocycles. The number of nitrogens with one attached hydrogen (secondary N) is 2. The Morgan fingerprint density at radius 2 is 1.89 bits per heavy atom. The Labute approximate surface area is 165 Å². The van der Waals surface area contributed by atoms with E-state index in [2.05, 4.69) is 27.4 Å². The van der Waals surface area contributed by atoms with Crippen LogP contribution in [0.5, 0.6) is 0 Å². The number of nitrogens with zero attached hydrogens (tertiary/aromatic N) is 2. The number of rotatable bonds is 2. The van der Waals surface area contributed by atoms with Gasteiger partial charge in [0.25, 0.3) is 5.56 Å². The first-order valence-electron chi connectivity index (χ1n) is 10.8. The number of H-pyrrole nitrogens is 1. The first-order chi connectivity index (χ1) is 13.7. The number of hydrogen-bond donors (Lipinski definition) is 2. The SMILES string of the molecule is O=C1CCCC2=C1[C@H]([C@H]1CC=CCC1)c1c(nc(N3CCCCC3)[nH]c1=O)N2. The molecule has 0 aromatic carbocycles. The third-order valence-electron chi connectivity index (χ3n) is 6.73. The molecule has 2 N–H and O–H groups in total. The van der Waals surface area contributed by atoms with Crippen molar-refractivity contribution in [1.29, 1.82) is 0 Å². The van der Waals surface area contributed by atoms with Gasteiger partial charge in [0.15, 0.2) is 5.78 Å². The summed E-state index contributed by atoms with van der Waals surface area (Å²) in [6.45, 7) is 1.87. The van der Waals surface area contributed by atoms with Crippen molar-refractivity contribution in [2.24, 2.45) is 5.92 Å². The molecule has 1 fully saturated rings. The van der Waals surface area contributed by atoms with Crippen molar-refractivity contribution in [2.45, 2.75) is 63.7 Å². The molecule has 0 bridgehead atoms. The van der Waals surface area contributed by atoms with E-state index >= 15 is 0 Å². The molecule has 1 aromatic rings. The van der Waals surface area contributed by atoms with Crippen LogP contribution in [0.25, 0.3) is 0 Å². The average Bonchev–Trinajstić information content (AvgIpc) is 2.73. The van der Waals surface area contributed by atoms with E-state index in [1.165, 1.54) is 6.42 Å². The molecule has 1 saturated heterocycles. The molecule has 2 aliphatic carbocycles. The summed E-state index contributed by atoms with van der Waals surface area (Å²) >= 11 is 0. The van der Waals surface area contributed by atoms with Gasteiger partial charge in [-0.15, -0.1) is 0 Å². The molecule has 6 heteroatoms. The van der Waals surface area contributed by atoms with E-state index in [4.69, 9.17) is 4.98 Å². The minimum Gasteiger partial charge on any atom is -0.343 e. The van der Waals surface area contributed by atoms with Gasteiger partial charge in [-0.2, -0.15) is 4.98 Å². The number of carbonyl (C=O) groups excluding carboxylic acids is 1. The molecule has 2 aliphatic heterocycles. The van der Waals surface area contributed by atoms with E-state index in [1.807, 2.05) is 0 Å². The quantitative estimate of drug-likeness (QED) is 0.766. The normalized spacial score (nSPS) is 27.3. The van der Waals surface area contributed by atoms with E-state index in [9.17, 15) is 9.59 Å². The van der Waals surface area contributed by atoms with E-state index < -0.39 is 0 Å². The fraction of sp³-hybridized carbons (Fsp3) is 0.591. The molecule has 6 nitrogen and oxygen atoms in total. The second kappa shape index (κ2) is 7.22. The molecule has 4 aliphatic rings. The highest BCUT2D eigenvalue weighted by Gasteiger charge is 2.41. The van der Waals surface area contributed by atoms with E-state index in [0.717, 1.165) is 69.3 Å². The predicted molar refractivity (Wildman–Crippen MR) is 110 cm³/mol. The molecule has 148 valence electrons. The van der Waals surface area contributed by atoms with Crippen molar-refractivity contribution < 1.29 is 4.79 Å². The van der Waals surface area contributed by atoms with E-state index in [0.29, 0.717) is 29.7 Å². The maximum atomic E-state index is 13.2. The second-order valence-electron chi connectivity index (χ2n) is 8.52. The van der Waals surface area contributed by atoms with Crippen molar-refractivity contribution >= 4 is 17.5 Å². The Morgan fingerprint density at radius 1 is 1.04 bits per heavy atom. The Morgan fingerprint density at radius 3 is 2.68 bits per heavy atom. The highest BCUT2D eigenvalue weighted by Crippen LogP contribution is 2.46. The summed E-state index contributed by atoms with van der Waals surface area (Å²) in [4.78, 5) is 36.2. The lowest BCUT2D eigenvalue weighted by Crippen LogP contribution is -2.38. The van der Waals surface area contributed by atoms with E-state index in [-0.39, 0.29) is 17.3 Å². The van der Waals surface area contributed by atoms with Crippen molar-refractivity contribution in [2.75, 3.05) is 23.3 Å². The van der Waals surface area contributed by atoms with Crippen LogP contribution >= 0.6 is 0 Å². The van der Waals surface area contributed by atoms with Gasteiger partial charge >= 0.3 is 0 Å². The highest BCUT2D eigenvalue weighted by atomic mass is 16.1. The molecule has 0 unspecified atom stereocenters. The van der Waals surface area contributed by atoms with Crippen LogP contribution in [0.1, 0.15) is 69.3 Å². The van der Waals surface area contributed by atoms with Gasteiger partial charge in [0.2, 0.25) is 5.95 Å². The van der Waals surface area contributed by atoms with Gasteiger partial charge < -0.3 is 10.2 Å². The van der Waals surface area contributed by atoms with Gasteiger partial charge in [-0.1, -0.05) is 12.2 Å². The van der Waals surface area contributed by atoms with Gasteiger partial charge in [0.05, 0.1) is 5.56 Å². The number of carbonyl (C=O) groups is 1. The van der Waals surface area contributed by atoms with Crippen LogP contribution in [0.15, 0.2) is 28.2 Å². The van der Waals surface area contributed by atoms with E-state index in [1.54, 1.807) is 0 Å². The van der Waals surface area contributed by atoms with Crippen LogP contribution in [0, 0.1) is 5.92 Å². The summed E-state index contributed by atoms with van der Waals surface area (Å²) in [6.07, 6.45) is 13.2. The third kappa shape index (κ3) is 2.99. The number of fused-ring (bicyclic) bond motifs is 1. The summed E-state index contributed by atoms with van der Waals surface area (Å²) in [5.74, 6) is 1.72. The lowest BCUT2D eigenvalue weighted by molar-refractivity contribution is -0.116. The third-order valence-corrected chi connectivity index (χ3v) is 6.73. The molecule has 2 atom stereocenters. The lowest BCUT2D eigenvalue weighted by atomic mass is 9.70. The van der Waals surface area contributed by atoms with Crippen molar-refractivity contribution in [3.05, 3.63) is 39.3 Å². The van der Waals surface area contributed by atoms with Crippen LogP contribution in [-0.2, 0) is 4.79 Å². The topological polar surface area (TPSA) is 78.1 Å². The summed E-state index contributed by atoms with van der Waals surface area (Å²) in [5, 5.41) is 3.40. The van der Waals surface area contributed by atoms with Crippen LogP contribution in [0.4, 0.5) is 11.8 Å². The molecule has 0 amide bonds. The largest absolute Gasteiger partial charge is 0.343 e. The molecule has 28 heavy (non-hydrogen) atoms. The monoisotopic (exact) mass is 380 g/mol. The zero-order chi connectivity index (χ0) is 19.1. The standard InChI is InChI=1S/C22H28N4O2/c27-16-11-7-10-15-18(16)17(14-8-3-1-4-9-14)19-20(23-15)24-22(25-21(19)28)26-12-5-2-6-13-26/h1,3,14,17H,2,4-13H2,(H2,23,24,25,28)/t14-,17-/m0/s1. The Kier molecular flexibility index (Phi) is 4.57. The number of aromatic amines is 1. The molecule has 1 aromatic heterocycles. The van der Waals surface area contributed by atoms with Crippen LogP contribution in [0.3, 0.4) is 0 Å². The Hall–Kier alpha value is -2.37. The Bertz CT molecular complexity index is 908. The van der Waals surface area contributed by atoms with Crippen LogP contribution < -0.4 is 15.8 Å². The van der Waals surface area contributed by atoms with Gasteiger partial charge in [0, 0.05) is 36.7 Å². The molecule has 0 saturated carbocycles. The minimum absolute atomic E-state index is 0.0810. The molecule has 0 spiro atoms. The van der Waals surface area contributed by atoms with Crippen molar-refractivity contribution in [1.82, 2.24) is 9.97 Å². The molecule has 0 radical (unpaired) electrons. The molecule has 5 rings (SSSR count). The van der Waals surface area contributed by atoms with Crippen LogP contribution in [-0.4, -0.2) is 28.8 Å². The highest BCUT2D eigenvalue weighted by molar-refractivity contribution is 6.00. The minimum atomic E-state index is -0.129. The number of ketones is 1. The summed E-state index contributed by atoms with van der Waals surface area (Å²) in [6, 6.07) is 0. The predicted octanol–water partition coefficient (Wildman–Crippen LogP) is 3.63. The maximum absolute atomic E-state index is 13.2. The number of piperidine rings is 1. The Balaban J connectivity index is 1.61. The number of allylic oxidation sites excluding steroid dienone is 4. The van der Waals surface area contributed by atoms with Gasteiger partial charge in [-0.05, 0) is 57.3 Å². The maximum Gasteiger partial charge on any atom is 0.258 e. The van der Waals surface area contributed by atoms with Crippen molar-refractivity contribution in [3.8, 4) is 0 Å². The zero-order valence-corrected chi connectivity index (χ0v) is 16.3. The first kappa shape index (κ1) is 17.7. The fourth-order valence-corrected chi connectivity index (χ4v) is 5.34. The number of aromatic nitrogens is 2.